The highest BCUT2D eigenvalue weighted by molar-refractivity contribution is 6.31. The second-order valence-electron chi connectivity index (χ2n) is 8.06. The van der Waals surface area contributed by atoms with Gasteiger partial charge in [-0.2, -0.15) is 0 Å². The van der Waals surface area contributed by atoms with Crippen LogP contribution in [0.3, 0.4) is 0 Å². The van der Waals surface area contributed by atoms with Gasteiger partial charge >= 0.3 is 0 Å². The monoisotopic (exact) mass is 499 g/mol. The van der Waals surface area contributed by atoms with Crippen LogP contribution in [0.2, 0.25) is 5.02 Å². The Labute approximate surface area is 208 Å². The van der Waals surface area contributed by atoms with Gasteiger partial charge in [-0.1, -0.05) is 17.7 Å². The normalized spacial score (nSPS) is 15.8. The molecular weight excluding hydrogens is 473 g/mol. The van der Waals surface area contributed by atoms with Gasteiger partial charge in [0.1, 0.15) is 23.7 Å². The minimum Gasteiger partial charge on any atom is -0.492 e. The number of halogens is 2. The number of carbonyl (C=O) groups is 1. The van der Waals surface area contributed by atoms with Crippen molar-refractivity contribution in [2.45, 2.75) is 19.4 Å². The quantitative estimate of drug-likeness (QED) is 0.388. The lowest BCUT2D eigenvalue weighted by molar-refractivity contribution is -0.111. The maximum Gasteiger partial charge on any atom is 0.248 e. The molecular formula is C25H27ClFN5O3. The number of rotatable bonds is 10. The number of anilines is 3. The van der Waals surface area contributed by atoms with E-state index in [1.807, 2.05) is 13.0 Å². The van der Waals surface area contributed by atoms with E-state index in [0.29, 0.717) is 59.6 Å². The first kappa shape index (κ1) is 24.8. The zero-order chi connectivity index (χ0) is 24.8. The first-order valence-electron chi connectivity index (χ1n) is 11.3. The van der Waals surface area contributed by atoms with Crippen molar-refractivity contribution in [2.75, 3.05) is 44.0 Å². The van der Waals surface area contributed by atoms with Crippen molar-refractivity contribution in [1.82, 2.24) is 14.9 Å². The van der Waals surface area contributed by atoms with Gasteiger partial charge in [0.25, 0.3) is 0 Å². The number of amides is 1. The summed E-state index contributed by atoms with van der Waals surface area (Å²) in [5, 5.41) is 6.68. The summed E-state index contributed by atoms with van der Waals surface area (Å²) in [4.78, 5) is 23.5. The fourth-order valence-corrected chi connectivity index (χ4v) is 4.03. The SMILES string of the molecule is CCOc1cc2ncnc(Nc3ccc(F)c(Cl)c3)c2cc1NC(=O)/C=C/CN1CCC1COC. The van der Waals surface area contributed by atoms with E-state index in [1.54, 1.807) is 25.3 Å². The van der Waals surface area contributed by atoms with E-state index in [0.717, 1.165) is 13.0 Å². The molecule has 1 aliphatic rings. The molecule has 1 aliphatic heterocycles. The molecule has 1 unspecified atom stereocenters. The Bertz CT molecular complexity index is 1240. The van der Waals surface area contributed by atoms with Crippen molar-refractivity contribution >= 4 is 45.6 Å². The van der Waals surface area contributed by atoms with Gasteiger partial charge < -0.3 is 20.1 Å². The lowest BCUT2D eigenvalue weighted by Crippen LogP contribution is -2.50. The predicted octanol–water partition coefficient (Wildman–Crippen LogP) is 4.78. The molecule has 10 heteroatoms. The molecule has 35 heavy (non-hydrogen) atoms. The molecule has 3 aromatic rings. The third kappa shape index (κ3) is 6.05. The van der Waals surface area contributed by atoms with E-state index in [9.17, 15) is 9.18 Å². The van der Waals surface area contributed by atoms with Gasteiger partial charge in [-0.3, -0.25) is 9.69 Å². The molecule has 0 saturated carbocycles. The Balaban J connectivity index is 1.54. The van der Waals surface area contributed by atoms with Gasteiger partial charge in [-0.15, -0.1) is 0 Å². The van der Waals surface area contributed by atoms with Crippen molar-refractivity contribution < 1.29 is 18.7 Å². The summed E-state index contributed by atoms with van der Waals surface area (Å²) in [7, 11) is 1.69. The fourth-order valence-electron chi connectivity index (χ4n) is 3.85. The lowest BCUT2D eigenvalue weighted by Gasteiger charge is -2.39. The van der Waals surface area contributed by atoms with E-state index < -0.39 is 5.82 Å². The zero-order valence-electron chi connectivity index (χ0n) is 19.6. The Morgan fingerprint density at radius 2 is 2.17 bits per heavy atom. The summed E-state index contributed by atoms with van der Waals surface area (Å²) in [6.07, 6.45) is 5.88. The van der Waals surface area contributed by atoms with Crippen molar-refractivity contribution in [3.05, 3.63) is 59.7 Å². The van der Waals surface area contributed by atoms with Crippen molar-refractivity contribution in [3.63, 3.8) is 0 Å². The van der Waals surface area contributed by atoms with Crippen LogP contribution in [0.1, 0.15) is 13.3 Å². The first-order chi connectivity index (χ1) is 17.0. The number of fused-ring (bicyclic) bond motifs is 1. The first-order valence-corrected chi connectivity index (χ1v) is 11.7. The van der Waals surface area contributed by atoms with Crippen molar-refractivity contribution in [3.8, 4) is 5.75 Å². The number of likely N-dealkylation sites (tertiary alicyclic amines) is 1. The summed E-state index contributed by atoms with van der Waals surface area (Å²) in [6, 6.07) is 8.22. The number of nitrogens with one attached hydrogen (secondary N) is 2. The summed E-state index contributed by atoms with van der Waals surface area (Å²) in [6.45, 7) is 4.65. The average molecular weight is 500 g/mol. The standard InChI is InChI=1S/C25H27ClFN5O3/c1-3-35-23-13-21-18(25(29-15-28-21)30-16-6-7-20(27)19(26)11-16)12-22(23)31-24(33)5-4-9-32-10-8-17(32)14-34-2/h4-7,11-13,15,17H,3,8-10,14H2,1-2H3,(H,31,33)(H,28,29,30)/b5-4+. The Morgan fingerprint density at radius 3 is 2.89 bits per heavy atom. The number of methoxy groups -OCH3 is 1. The number of hydrogen-bond acceptors (Lipinski definition) is 7. The van der Waals surface area contributed by atoms with Crippen LogP contribution >= 0.6 is 11.6 Å². The van der Waals surface area contributed by atoms with Crippen LogP contribution in [0.15, 0.2) is 48.8 Å². The summed E-state index contributed by atoms with van der Waals surface area (Å²) < 4.78 is 24.5. The van der Waals surface area contributed by atoms with Crippen molar-refractivity contribution in [1.29, 1.82) is 0 Å². The van der Waals surface area contributed by atoms with Crippen LogP contribution in [0.25, 0.3) is 10.9 Å². The summed E-state index contributed by atoms with van der Waals surface area (Å²) in [5.41, 5.74) is 1.68. The third-order valence-corrected chi connectivity index (χ3v) is 6.00. The molecule has 1 saturated heterocycles. The molecule has 0 bridgehead atoms. The predicted molar refractivity (Wildman–Crippen MR) is 135 cm³/mol. The second-order valence-corrected chi connectivity index (χ2v) is 8.47. The van der Waals surface area contributed by atoms with Gasteiger partial charge in [-0.05, 0) is 37.6 Å². The molecule has 1 atom stereocenters. The number of hydrogen-bond donors (Lipinski definition) is 2. The molecule has 0 radical (unpaired) electrons. The Morgan fingerprint density at radius 1 is 1.31 bits per heavy atom. The topological polar surface area (TPSA) is 88.6 Å². The van der Waals surface area contributed by atoms with Gasteiger partial charge in [0.2, 0.25) is 5.91 Å². The summed E-state index contributed by atoms with van der Waals surface area (Å²) >= 11 is 5.91. The molecule has 184 valence electrons. The van der Waals surface area contributed by atoms with E-state index in [2.05, 4.69) is 25.5 Å². The molecule has 8 nitrogen and oxygen atoms in total. The highest BCUT2D eigenvalue weighted by atomic mass is 35.5. The maximum atomic E-state index is 13.5. The van der Waals surface area contributed by atoms with E-state index in [4.69, 9.17) is 21.1 Å². The zero-order valence-corrected chi connectivity index (χ0v) is 20.3. The number of benzene rings is 2. The molecule has 2 heterocycles. The molecule has 2 N–H and O–H groups in total. The highest BCUT2D eigenvalue weighted by Gasteiger charge is 2.26. The lowest BCUT2D eigenvalue weighted by atomic mass is 10.0. The second kappa shape index (κ2) is 11.4. The van der Waals surface area contributed by atoms with Gasteiger partial charge in [-0.25, -0.2) is 14.4 Å². The number of carbonyl (C=O) groups excluding carboxylic acids is 1. The minimum absolute atomic E-state index is 0.00139. The third-order valence-electron chi connectivity index (χ3n) is 5.71. The van der Waals surface area contributed by atoms with Gasteiger partial charge in [0.15, 0.2) is 0 Å². The van der Waals surface area contributed by atoms with Crippen LogP contribution in [0.4, 0.5) is 21.6 Å². The molecule has 2 aromatic carbocycles. The number of aromatic nitrogens is 2. The molecule has 0 aliphatic carbocycles. The number of ether oxygens (including phenoxy) is 2. The van der Waals surface area contributed by atoms with Crippen LogP contribution in [-0.4, -0.2) is 60.2 Å². The van der Waals surface area contributed by atoms with E-state index >= 15 is 0 Å². The maximum absolute atomic E-state index is 13.5. The molecule has 0 spiro atoms. The fraction of sp³-hybridized carbons (Fsp3) is 0.320. The Hall–Kier alpha value is -3.27. The van der Waals surface area contributed by atoms with Crippen LogP contribution in [-0.2, 0) is 9.53 Å². The molecule has 1 fully saturated rings. The minimum atomic E-state index is -0.507. The van der Waals surface area contributed by atoms with Gasteiger partial charge in [0, 0.05) is 49.5 Å². The van der Waals surface area contributed by atoms with Crippen LogP contribution in [0, 0.1) is 5.82 Å². The highest BCUT2D eigenvalue weighted by Crippen LogP contribution is 2.34. The number of nitrogens with zero attached hydrogens (tertiary/aromatic N) is 3. The Kier molecular flexibility index (Phi) is 8.12. The van der Waals surface area contributed by atoms with Crippen LogP contribution in [0.5, 0.6) is 5.75 Å². The van der Waals surface area contributed by atoms with Crippen molar-refractivity contribution in [2.24, 2.45) is 0 Å². The molecule has 1 amide bonds. The van der Waals surface area contributed by atoms with E-state index in [-0.39, 0.29) is 10.9 Å². The molecule has 4 rings (SSSR count). The largest absolute Gasteiger partial charge is 0.492 e. The van der Waals surface area contributed by atoms with Crippen LogP contribution < -0.4 is 15.4 Å². The van der Waals surface area contributed by atoms with Gasteiger partial charge in [0.05, 0.1) is 29.4 Å². The summed E-state index contributed by atoms with van der Waals surface area (Å²) in [5.74, 6) is 0.200. The van der Waals surface area contributed by atoms with E-state index in [1.165, 1.54) is 24.5 Å². The average Bonchev–Trinajstić information content (AvgIpc) is 2.83. The molecule has 1 aromatic heterocycles. The smallest absolute Gasteiger partial charge is 0.248 e.